The predicted molar refractivity (Wildman–Crippen MR) is 106 cm³/mol. The number of anilines is 1. The first-order valence-electron chi connectivity index (χ1n) is 8.55. The molecule has 126 valence electrons. The highest BCUT2D eigenvalue weighted by atomic mass is 16.3. The van der Waals surface area contributed by atoms with E-state index in [4.69, 9.17) is 0 Å². The molecule has 0 radical (unpaired) electrons. The lowest BCUT2D eigenvalue weighted by Gasteiger charge is -2.17. The van der Waals surface area contributed by atoms with Gasteiger partial charge in [-0.3, -0.25) is 0 Å². The van der Waals surface area contributed by atoms with E-state index in [2.05, 4.69) is 30.1 Å². The van der Waals surface area contributed by atoms with Gasteiger partial charge in [0.15, 0.2) is 0 Å². The van der Waals surface area contributed by atoms with Gasteiger partial charge in [-0.05, 0) is 29.2 Å². The maximum Gasteiger partial charge on any atom is 0.106 e. The first-order chi connectivity index (χ1) is 12.3. The fourth-order valence-electron chi connectivity index (χ4n) is 3.00. The summed E-state index contributed by atoms with van der Waals surface area (Å²) in [5.74, 6) is 0. The van der Waals surface area contributed by atoms with Gasteiger partial charge in [0.25, 0.3) is 0 Å². The predicted octanol–water partition coefficient (Wildman–Crippen LogP) is 5.07. The number of benzene rings is 3. The number of nitrogens with one attached hydrogen (secondary N) is 1. The first kappa shape index (κ1) is 17.0. The molecule has 1 atom stereocenters. The Morgan fingerprint density at radius 3 is 2.36 bits per heavy atom. The Morgan fingerprint density at radius 1 is 0.880 bits per heavy atom. The van der Waals surface area contributed by atoms with Gasteiger partial charge in [0, 0.05) is 17.8 Å². The summed E-state index contributed by atoms with van der Waals surface area (Å²) in [4.78, 5) is 0. The van der Waals surface area contributed by atoms with Gasteiger partial charge in [0.05, 0.1) is 0 Å². The zero-order chi connectivity index (χ0) is 17.5. The van der Waals surface area contributed by atoms with Gasteiger partial charge in [-0.2, -0.15) is 0 Å². The lowest BCUT2D eigenvalue weighted by Crippen LogP contribution is -2.10. The van der Waals surface area contributed by atoms with E-state index in [1.165, 1.54) is 11.1 Å². The lowest BCUT2D eigenvalue weighted by atomic mass is 9.99. The molecule has 0 heterocycles. The Labute approximate surface area is 149 Å². The average Bonchev–Trinajstić information content (AvgIpc) is 2.69. The first-order valence-corrected chi connectivity index (χ1v) is 8.55. The maximum atomic E-state index is 10.7. The standard InChI is InChI=1S/C23H23NO/c1-2-18-10-6-7-11-19(18)16-17-24-22-15-9-8-14-21(22)23(25)20-12-4-3-5-13-20/h2-15,23-25H,1,16-17H2. The van der Waals surface area contributed by atoms with Crippen LogP contribution in [0.2, 0.25) is 0 Å². The van der Waals surface area contributed by atoms with Gasteiger partial charge < -0.3 is 10.4 Å². The van der Waals surface area contributed by atoms with Crippen molar-refractivity contribution in [1.82, 2.24) is 0 Å². The van der Waals surface area contributed by atoms with Gasteiger partial charge in [-0.25, -0.2) is 0 Å². The normalized spacial score (nSPS) is 11.7. The molecule has 3 aromatic carbocycles. The van der Waals surface area contributed by atoms with Crippen molar-refractivity contribution < 1.29 is 5.11 Å². The Kier molecular flexibility index (Phi) is 5.65. The Bertz CT molecular complexity index is 826. The minimum atomic E-state index is -0.634. The number of para-hydroxylation sites is 1. The number of rotatable bonds is 7. The largest absolute Gasteiger partial charge is 0.384 e. The van der Waals surface area contributed by atoms with Crippen molar-refractivity contribution in [1.29, 1.82) is 0 Å². The van der Waals surface area contributed by atoms with Gasteiger partial charge in [-0.15, -0.1) is 0 Å². The van der Waals surface area contributed by atoms with Crippen LogP contribution in [0.25, 0.3) is 6.08 Å². The fourth-order valence-corrected chi connectivity index (χ4v) is 3.00. The molecule has 3 aromatic rings. The molecule has 0 saturated heterocycles. The highest BCUT2D eigenvalue weighted by Crippen LogP contribution is 2.28. The van der Waals surface area contributed by atoms with E-state index >= 15 is 0 Å². The Balaban J connectivity index is 1.72. The molecule has 2 heteroatoms. The van der Waals surface area contributed by atoms with Crippen LogP contribution in [-0.2, 0) is 6.42 Å². The summed E-state index contributed by atoms with van der Waals surface area (Å²) in [6.07, 6.45) is 2.16. The molecule has 0 aliphatic rings. The molecule has 2 N–H and O–H groups in total. The molecule has 0 aliphatic heterocycles. The van der Waals surface area contributed by atoms with Crippen molar-refractivity contribution in [3.8, 4) is 0 Å². The zero-order valence-corrected chi connectivity index (χ0v) is 14.2. The van der Waals surface area contributed by atoms with Crippen LogP contribution < -0.4 is 5.32 Å². The van der Waals surface area contributed by atoms with Crippen molar-refractivity contribution >= 4 is 11.8 Å². The zero-order valence-electron chi connectivity index (χ0n) is 14.2. The third-order valence-corrected chi connectivity index (χ3v) is 4.36. The summed E-state index contributed by atoms with van der Waals surface area (Å²) in [6, 6.07) is 26.0. The molecule has 0 amide bonds. The molecule has 0 aromatic heterocycles. The van der Waals surface area contributed by atoms with Crippen LogP contribution in [0, 0.1) is 0 Å². The van der Waals surface area contributed by atoms with E-state index in [1.807, 2.05) is 66.7 Å². The average molecular weight is 329 g/mol. The van der Waals surface area contributed by atoms with Crippen LogP contribution in [0.3, 0.4) is 0 Å². The smallest absolute Gasteiger partial charge is 0.106 e. The van der Waals surface area contributed by atoms with Crippen LogP contribution in [0.5, 0.6) is 0 Å². The molecule has 2 nitrogen and oxygen atoms in total. The third kappa shape index (κ3) is 4.17. The van der Waals surface area contributed by atoms with Gasteiger partial charge in [0.1, 0.15) is 6.10 Å². The molecule has 0 spiro atoms. The minimum absolute atomic E-state index is 0.634. The van der Waals surface area contributed by atoms with Crippen molar-refractivity contribution in [2.45, 2.75) is 12.5 Å². The van der Waals surface area contributed by atoms with Crippen molar-refractivity contribution in [2.75, 3.05) is 11.9 Å². The van der Waals surface area contributed by atoms with Crippen molar-refractivity contribution in [2.24, 2.45) is 0 Å². The van der Waals surface area contributed by atoms with E-state index in [-0.39, 0.29) is 0 Å². The lowest BCUT2D eigenvalue weighted by molar-refractivity contribution is 0.221. The summed E-state index contributed by atoms with van der Waals surface area (Å²) in [7, 11) is 0. The molecule has 0 fully saturated rings. The number of hydrogen-bond acceptors (Lipinski definition) is 2. The Morgan fingerprint density at radius 2 is 1.56 bits per heavy atom. The number of aliphatic hydroxyl groups excluding tert-OH is 1. The van der Waals surface area contributed by atoms with E-state index in [0.717, 1.165) is 29.8 Å². The summed E-state index contributed by atoms with van der Waals surface area (Å²) >= 11 is 0. The molecule has 0 aliphatic carbocycles. The summed E-state index contributed by atoms with van der Waals surface area (Å²) in [5.41, 5.74) is 5.20. The SMILES string of the molecule is C=Cc1ccccc1CCNc1ccccc1C(O)c1ccccc1. The van der Waals surface area contributed by atoms with Gasteiger partial charge in [-0.1, -0.05) is 85.5 Å². The summed E-state index contributed by atoms with van der Waals surface area (Å²) in [6.45, 7) is 4.67. The van der Waals surface area contributed by atoms with Crippen molar-refractivity contribution in [3.63, 3.8) is 0 Å². The fraction of sp³-hybridized carbons (Fsp3) is 0.130. The second kappa shape index (κ2) is 8.32. The van der Waals surface area contributed by atoms with Crippen LogP contribution >= 0.6 is 0 Å². The van der Waals surface area contributed by atoms with Gasteiger partial charge in [0.2, 0.25) is 0 Å². The van der Waals surface area contributed by atoms with E-state index < -0.39 is 6.10 Å². The third-order valence-electron chi connectivity index (χ3n) is 4.36. The maximum absolute atomic E-state index is 10.7. The second-order valence-electron chi connectivity index (χ2n) is 5.98. The van der Waals surface area contributed by atoms with Crippen LogP contribution in [0.4, 0.5) is 5.69 Å². The molecule has 3 rings (SSSR count). The Hall–Kier alpha value is -2.84. The van der Waals surface area contributed by atoms with Gasteiger partial charge >= 0.3 is 0 Å². The molecule has 0 bridgehead atoms. The molecule has 1 unspecified atom stereocenters. The monoisotopic (exact) mass is 329 g/mol. The highest BCUT2D eigenvalue weighted by molar-refractivity contribution is 5.55. The second-order valence-corrected chi connectivity index (χ2v) is 5.98. The summed E-state index contributed by atoms with van der Waals surface area (Å²) in [5, 5.41) is 14.2. The molecule has 25 heavy (non-hydrogen) atoms. The van der Waals surface area contributed by atoms with Crippen LogP contribution in [0.1, 0.15) is 28.4 Å². The van der Waals surface area contributed by atoms with Crippen molar-refractivity contribution in [3.05, 3.63) is 108 Å². The molecule has 0 saturated carbocycles. The van der Waals surface area contributed by atoms with E-state index in [0.29, 0.717) is 0 Å². The number of aliphatic hydroxyl groups is 1. The van der Waals surface area contributed by atoms with E-state index in [9.17, 15) is 5.11 Å². The minimum Gasteiger partial charge on any atom is -0.384 e. The number of hydrogen-bond donors (Lipinski definition) is 2. The summed E-state index contributed by atoms with van der Waals surface area (Å²) < 4.78 is 0. The van der Waals surface area contributed by atoms with Crippen LogP contribution in [0.15, 0.2) is 85.4 Å². The topological polar surface area (TPSA) is 32.3 Å². The molecular weight excluding hydrogens is 306 g/mol. The molecular formula is C23H23NO. The van der Waals surface area contributed by atoms with E-state index in [1.54, 1.807) is 0 Å². The van der Waals surface area contributed by atoms with Crippen LogP contribution in [-0.4, -0.2) is 11.7 Å². The highest BCUT2D eigenvalue weighted by Gasteiger charge is 2.13. The quantitative estimate of drug-likeness (QED) is 0.634.